The molecule has 0 radical (unpaired) electrons. The van der Waals surface area contributed by atoms with Crippen molar-refractivity contribution in [2.24, 2.45) is 5.73 Å². The van der Waals surface area contributed by atoms with Crippen LogP contribution in [0.15, 0.2) is 12.3 Å². The van der Waals surface area contributed by atoms with Crippen LogP contribution >= 0.6 is 23.5 Å². The van der Waals surface area contributed by atoms with Gasteiger partial charge in [0.15, 0.2) is 0 Å². The highest BCUT2D eigenvalue weighted by Gasteiger charge is 2.30. The van der Waals surface area contributed by atoms with E-state index in [1.165, 1.54) is 17.9 Å². The monoisotopic (exact) mass is 313 g/mol. The van der Waals surface area contributed by atoms with Crippen LogP contribution in [-0.2, 0) is 6.42 Å². The molecular weight excluding hydrogens is 286 g/mol. The SMILES string of the molecule is CCC1SCCSC1C(N)Cc1ccn(C(C)CC)n1. The van der Waals surface area contributed by atoms with Crippen molar-refractivity contribution in [3.63, 3.8) is 0 Å². The molecule has 0 aromatic carbocycles. The van der Waals surface area contributed by atoms with Crippen molar-refractivity contribution < 1.29 is 0 Å². The van der Waals surface area contributed by atoms with Gasteiger partial charge in [0.2, 0.25) is 0 Å². The van der Waals surface area contributed by atoms with Crippen molar-refractivity contribution in [3.05, 3.63) is 18.0 Å². The first kappa shape index (κ1) is 16.2. The molecule has 2 rings (SSSR count). The van der Waals surface area contributed by atoms with Gasteiger partial charge in [0.05, 0.1) is 5.69 Å². The Balaban J connectivity index is 1.96. The lowest BCUT2D eigenvalue weighted by molar-refractivity contribution is 0.470. The van der Waals surface area contributed by atoms with Gasteiger partial charge in [0.25, 0.3) is 0 Å². The normalized spacial score (nSPS) is 26.4. The van der Waals surface area contributed by atoms with Gasteiger partial charge in [-0.1, -0.05) is 13.8 Å². The van der Waals surface area contributed by atoms with Gasteiger partial charge in [0, 0.05) is 46.7 Å². The average molecular weight is 314 g/mol. The Kier molecular flexibility index (Phi) is 6.30. The summed E-state index contributed by atoms with van der Waals surface area (Å²) in [4.78, 5) is 0. The zero-order chi connectivity index (χ0) is 14.5. The summed E-state index contributed by atoms with van der Waals surface area (Å²) in [5, 5.41) is 5.97. The highest BCUT2D eigenvalue weighted by molar-refractivity contribution is 8.07. The van der Waals surface area contributed by atoms with E-state index in [9.17, 15) is 0 Å². The van der Waals surface area contributed by atoms with Crippen LogP contribution in [0.5, 0.6) is 0 Å². The van der Waals surface area contributed by atoms with E-state index in [-0.39, 0.29) is 6.04 Å². The summed E-state index contributed by atoms with van der Waals surface area (Å²) in [6.07, 6.45) is 5.33. The van der Waals surface area contributed by atoms with Crippen LogP contribution in [0, 0.1) is 0 Å². The number of thioether (sulfide) groups is 2. The Labute approximate surface area is 131 Å². The summed E-state index contributed by atoms with van der Waals surface area (Å²) in [5.41, 5.74) is 7.62. The maximum Gasteiger partial charge on any atom is 0.0640 e. The van der Waals surface area contributed by atoms with E-state index < -0.39 is 0 Å². The van der Waals surface area contributed by atoms with Crippen molar-refractivity contribution >= 4 is 23.5 Å². The quantitative estimate of drug-likeness (QED) is 0.874. The van der Waals surface area contributed by atoms with Crippen LogP contribution in [0.4, 0.5) is 0 Å². The van der Waals surface area contributed by atoms with Crippen LogP contribution in [0.25, 0.3) is 0 Å². The van der Waals surface area contributed by atoms with Crippen molar-refractivity contribution in [1.82, 2.24) is 9.78 Å². The van der Waals surface area contributed by atoms with E-state index in [2.05, 4.69) is 66.3 Å². The Hall–Kier alpha value is -0.130. The molecule has 3 nitrogen and oxygen atoms in total. The molecule has 1 aromatic rings. The minimum absolute atomic E-state index is 0.220. The summed E-state index contributed by atoms with van der Waals surface area (Å²) in [6, 6.07) is 2.83. The fourth-order valence-corrected chi connectivity index (χ4v) is 5.81. The predicted octanol–water partition coefficient (Wildman–Crippen LogP) is 3.35. The molecule has 1 fully saturated rings. The fraction of sp³-hybridized carbons (Fsp3) is 0.800. The standard InChI is InChI=1S/C15H27N3S2/c1-4-11(3)18-7-6-12(17-18)10-13(16)15-14(5-2)19-8-9-20-15/h6-7,11,13-15H,4-5,8-10,16H2,1-3H3. The molecule has 0 spiro atoms. The molecule has 2 N–H and O–H groups in total. The van der Waals surface area contributed by atoms with Gasteiger partial charge < -0.3 is 5.73 Å². The van der Waals surface area contributed by atoms with Gasteiger partial charge in [-0.25, -0.2) is 0 Å². The van der Waals surface area contributed by atoms with E-state index in [1.54, 1.807) is 0 Å². The maximum atomic E-state index is 6.48. The predicted molar refractivity (Wildman–Crippen MR) is 91.7 cm³/mol. The second-order valence-electron chi connectivity index (χ2n) is 5.57. The molecular formula is C15H27N3S2. The van der Waals surface area contributed by atoms with E-state index in [4.69, 9.17) is 5.73 Å². The minimum Gasteiger partial charge on any atom is -0.326 e. The molecule has 0 saturated carbocycles. The Morgan fingerprint density at radius 3 is 2.85 bits per heavy atom. The molecule has 20 heavy (non-hydrogen) atoms. The third-order valence-corrected chi connectivity index (χ3v) is 7.50. The lowest BCUT2D eigenvalue weighted by Crippen LogP contribution is -2.43. The summed E-state index contributed by atoms with van der Waals surface area (Å²) < 4.78 is 2.07. The smallest absolute Gasteiger partial charge is 0.0640 e. The molecule has 0 bridgehead atoms. The molecule has 1 saturated heterocycles. The van der Waals surface area contributed by atoms with Crippen LogP contribution in [0.2, 0.25) is 0 Å². The van der Waals surface area contributed by atoms with E-state index in [0.717, 1.165) is 18.5 Å². The third-order valence-electron chi connectivity index (χ3n) is 4.07. The molecule has 2 heterocycles. The van der Waals surface area contributed by atoms with Crippen molar-refractivity contribution in [1.29, 1.82) is 0 Å². The first-order valence-electron chi connectivity index (χ1n) is 7.68. The Morgan fingerprint density at radius 2 is 2.15 bits per heavy atom. The fourth-order valence-electron chi connectivity index (χ4n) is 2.61. The topological polar surface area (TPSA) is 43.8 Å². The third kappa shape index (κ3) is 3.95. The Bertz CT molecular complexity index is 408. The lowest BCUT2D eigenvalue weighted by Gasteiger charge is -2.33. The average Bonchev–Trinajstić information content (AvgIpc) is 2.94. The molecule has 4 unspecified atom stereocenters. The number of rotatable bonds is 6. The first-order valence-corrected chi connectivity index (χ1v) is 9.78. The lowest BCUT2D eigenvalue weighted by atomic mass is 10.0. The number of hydrogen-bond donors (Lipinski definition) is 1. The zero-order valence-corrected chi connectivity index (χ0v) is 14.4. The molecule has 1 aromatic heterocycles. The van der Waals surface area contributed by atoms with Gasteiger partial charge in [0.1, 0.15) is 0 Å². The maximum absolute atomic E-state index is 6.48. The molecule has 4 atom stereocenters. The summed E-state index contributed by atoms with van der Waals surface area (Å²) in [7, 11) is 0. The second-order valence-corrected chi connectivity index (χ2v) is 8.20. The molecule has 1 aliphatic rings. The van der Waals surface area contributed by atoms with Crippen LogP contribution < -0.4 is 5.73 Å². The molecule has 114 valence electrons. The van der Waals surface area contributed by atoms with Gasteiger partial charge >= 0.3 is 0 Å². The summed E-state index contributed by atoms with van der Waals surface area (Å²) >= 11 is 4.16. The zero-order valence-electron chi connectivity index (χ0n) is 12.8. The van der Waals surface area contributed by atoms with Crippen LogP contribution in [-0.4, -0.2) is 37.8 Å². The van der Waals surface area contributed by atoms with E-state index in [0.29, 0.717) is 16.5 Å². The van der Waals surface area contributed by atoms with Crippen LogP contribution in [0.1, 0.15) is 45.3 Å². The summed E-state index contributed by atoms with van der Waals surface area (Å²) in [5.74, 6) is 2.51. The largest absolute Gasteiger partial charge is 0.326 e. The molecule has 1 aliphatic heterocycles. The van der Waals surface area contributed by atoms with Gasteiger partial charge in [-0.15, -0.1) is 0 Å². The minimum atomic E-state index is 0.220. The second kappa shape index (κ2) is 7.76. The highest BCUT2D eigenvalue weighted by atomic mass is 32.2. The van der Waals surface area contributed by atoms with Crippen molar-refractivity contribution in [3.8, 4) is 0 Å². The summed E-state index contributed by atoms with van der Waals surface area (Å²) in [6.45, 7) is 6.68. The molecule has 0 amide bonds. The molecule has 5 heteroatoms. The van der Waals surface area contributed by atoms with Gasteiger partial charge in [-0.2, -0.15) is 28.6 Å². The van der Waals surface area contributed by atoms with Gasteiger partial charge in [-0.3, -0.25) is 4.68 Å². The van der Waals surface area contributed by atoms with E-state index in [1.807, 2.05) is 0 Å². The molecule has 0 aliphatic carbocycles. The Morgan fingerprint density at radius 1 is 1.40 bits per heavy atom. The first-order chi connectivity index (χ1) is 9.65. The number of nitrogens with zero attached hydrogens (tertiary/aromatic N) is 2. The van der Waals surface area contributed by atoms with Gasteiger partial charge in [-0.05, 0) is 25.8 Å². The van der Waals surface area contributed by atoms with E-state index >= 15 is 0 Å². The van der Waals surface area contributed by atoms with Crippen molar-refractivity contribution in [2.75, 3.05) is 11.5 Å². The number of hydrogen-bond acceptors (Lipinski definition) is 4. The highest BCUT2D eigenvalue weighted by Crippen LogP contribution is 2.35. The van der Waals surface area contributed by atoms with Crippen molar-refractivity contribution in [2.45, 2.75) is 62.6 Å². The number of aromatic nitrogens is 2. The number of nitrogens with two attached hydrogens (primary N) is 1. The van der Waals surface area contributed by atoms with Crippen LogP contribution in [0.3, 0.4) is 0 Å².